The van der Waals surface area contributed by atoms with E-state index >= 15 is 0 Å². The van der Waals surface area contributed by atoms with Crippen LogP contribution in [0.1, 0.15) is 47.1 Å². The van der Waals surface area contributed by atoms with Crippen LogP contribution in [0, 0.1) is 6.92 Å². The normalized spacial score (nSPS) is 21.1. The standard InChI is InChI=1S/C23H20N2O3/c1-13-20-21(15-7-9-17(26)10-8-15)22-18(24-23(20)28-25-13)11-16(12-19(22)27)14-5-3-2-4-6-14/h2-10,16,21,24,26H,11-12H2,1H3/t16-,21+/m0/s1. The molecule has 3 aromatic rings. The van der Waals surface area contributed by atoms with Gasteiger partial charge in [0.25, 0.3) is 0 Å². The number of hydrogen-bond donors (Lipinski definition) is 2. The molecule has 0 saturated heterocycles. The molecule has 5 rings (SSSR count). The average Bonchev–Trinajstić information content (AvgIpc) is 3.08. The Hall–Kier alpha value is -3.34. The summed E-state index contributed by atoms with van der Waals surface area (Å²) in [6.45, 7) is 1.89. The van der Waals surface area contributed by atoms with Gasteiger partial charge in [0, 0.05) is 23.6 Å². The van der Waals surface area contributed by atoms with E-state index in [1.165, 1.54) is 5.56 Å². The van der Waals surface area contributed by atoms with E-state index in [1.807, 2.05) is 37.3 Å². The van der Waals surface area contributed by atoms with Crippen LogP contribution in [0.25, 0.3) is 0 Å². The summed E-state index contributed by atoms with van der Waals surface area (Å²) in [7, 11) is 0. The molecule has 0 amide bonds. The first-order valence-electron chi connectivity index (χ1n) is 9.45. The minimum Gasteiger partial charge on any atom is -0.508 e. The molecule has 2 N–H and O–H groups in total. The number of carbonyl (C=O) groups is 1. The van der Waals surface area contributed by atoms with Gasteiger partial charge in [-0.3, -0.25) is 4.79 Å². The molecule has 1 aliphatic heterocycles. The molecule has 2 aromatic carbocycles. The zero-order valence-corrected chi connectivity index (χ0v) is 15.5. The highest BCUT2D eigenvalue weighted by atomic mass is 16.5. The van der Waals surface area contributed by atoms with E-state index in [0.717, 1.165) is 34.5 Å². The van der Waals surface area contributed by atoms with E-state index in [9.17, 15) is 9.90 Å². The maximum atomic E-state index is 13.3. The zero-order valence-electron chi connectivity index (χ0n) is 15.5. The van der Waals surface area contributed by atoms with Crippen LogP contribution in [-0.4, -0.2) is 16.0 Å². The van der Waals surface area contributed by atoms with Crippen molar-refractivity contribution in [1.82, 2.24) is 5.16 Å². The van der Waals surface area contributed by atoms with Gasteiger partial charge < -0.3 is 14.9 Å². The first-order valence-corrected chi connectivity index (χ1v) is 9.45. The number of anilines is 1. The summed E-state index contributed by atoms with van der Waals surface area (Å²) < 4.78 is 5.53. The van der Waals surface area contributed by atoms with Crippen LogP contribution in [0.15, 0.2) is 70.4 Å². The summed E-state index contributed by atoms with van der Waals surface area (Å²) in [5.74, 6) is 0.865. The Bertz CT molecular complexity index is 1080. The fourth-order valence-corrected chi connectivity index (χ4v) is 4.43. The second-order valence-corrected chi connectivity index (χ2v) is 7.49. The van der Waals surface area contributed by atoms with Crippen LogP contribution in [0.4, 0.5) is 5.88 Å². The summed E-state index contributed by atoms with van der Waals surface area (Å²) in [4.78, 5) is 13.3. The third kappa shape index (κ3) is 2.62. The molecule has 0 spiro atoms. The van der Waals surface area contributed by atoms with Crippen LogP contribution in [0.2, 0.25) is 0 Å². The number of allylic oxidation sites excluding steroid dienone is 2. The molecule has 2 atom stereocenters. The summed E-state index contributed by atoms with van der Waals surface area (Å²) in [6.07, 6.45) is 1.23. The average molecular weight is 372 g/mol. The number of aryl methyl sites for hydroxylation is 1. The number of aromatic nitrogens is 1. The van der Waals surface area contributed by atoms with Gasteiger partial charge in [0.2, 0.25) is 5.88 Å². The van der Waals surface area contributed by atoms with Crippen molar-refractivity contribution in [2.24, 2.45) is 0 Å². The van der Waals surface area contributed by atoms with E-state index in [1.54, 1.807) is 12.1 Å². The van der Waals surface area contributed by atoms with Gasteiger partial charge in [0.05, 0.1) is 11.3 Å². The lowest BCUT2D eigenvalue weighted by molar-refractivity contribution is -0.116. The van der Waals surface area contributed by atoms with E-state index in [4.69, 9.17) is 4.52 Å². The van der Waals surface area contributed by atoms with Crippen molar-refractivity contribution in [2.45, 2.75) is 31.6 Å². The number of nitrogens with one attached hydrogen (secondary N) is 1. The van der Waals surface area contributed by atoms with E-state index in [0.29, 0.717) is 12.3 Å². The largest absolute Gasteiger partial charge is 0.508 e. The summed E-state index contributed by atoms with van der Waals surface area (Å²) in [6, 6.07) is 17.2. The number of fused-ring (bicyclic) bond motifs is 1. The molecular formula is C23H20N2O3. The van der Waals surface area contributed by atoms with Crippen molar-refractivity contribution in [1.29, 1.82) is 0 Å². The van der Waals surface area contributed by atoms with E-state index < -0.39 is 0 Å². The van der Waals surface area contributed by atoms with Crippen molar-refractivity contribution in [3.8, 4) is 5.75 Å². The molecule has 5 heteroatoms. The molecule has 2 aliphatic rings. The second-order valence-electron chi connectivity index (χ2n) is 7.49. The van der Waals surface area contributed by atoms with Crippen LogP contribution < -0.4 is 5.32 Å². The predicted molar refractivity (Wildman–Crippen MR) is 105 cm³/mol. The lowest BCUT2D eigenvalue weighted by Crippen LogP contribution is -2.29. The third-order valence-corrected chi connectivity index (χ3v) is 5.76. The highest BCUT2D eigenvalue weighted by Crippen LogP contribution is 2.49. The van der Waals surface area contributed by atoms with Crippen molar-refractivity contribution < 1.29 is 14.4 Å². The highest BCUT2D eigenvalue weighted by molar-refractivity contribution is 6.01. The van der Waals surface area contributed by atoms with Crippen LogP contribution in [0.3, 0.4) is 0 Å². The van der Waals surface area contributed by atoms with Gasteiger partial charge in [-0.2, -0.15) is 0 Å². The van der Waals surface area contributed by atoms with Crippen molar-refractivity contribution in [3.63, 3.8) is 0 Å². The molecule has 1 aromatic heterocycles. The highest BCUT2D eigenvalue weighted by Gasteiger charge is 2.41. The molecule has 0 saturated carbocycles. The van der Waals surface area contributed by atoms with Gasteiger partial charge >= 0.3 is 0 Å². The fraction of sp³-hybridized carbons (Fsp3) is 0.217. The first kappa shape index (κ1) is 16.8. The summed E-state index contributed by atoms with van der Waals surface area (Å²) in [5, 5.41) is 17.2. The number of benzene rings is 2. The van der Waals surface area contributed by atoms with E-state index in [-0.39, 0.29) is 23.4 Å². The number of ketones is 1. The zero-order chi connectivity index (χ0) is 19.3. The molecule has 0 radical (unpaired) electrons. The van der Waals surface area contributed by atoms with Gasteiger partial charge in [0.15, 0.2) is 5.78 Å². The van der Waals surface area contributed by atoms with E-state index in [2.05, 4.69) is 22.6 Å². The first-order chi connectivity index (χ1) is 13.6. The monoisotopic (exact) mass is 372 g/mol. The minimum atomic E-state index is -0.234. The Kier molecular flexibility index (Phi) is 3.83. The van der Waals surface area contributed by atoms with Gasteiger partial charge in [-0.15, -0.1) is 0 Å². The molecule has 1 aliphatic carbocycles. The molecule has 2 heterocycles. The Balaban J connectivity index is 1.63. The number of phenols is 1. The summed E-state index contributed by atoms with van der Waals surface area (Å²) >= 11 is 0. The molecule has 0 unspecified atom stereocenters. The smallest absolute Gasteiger partial charge is 0.233 e. The topological polar surface area (TPSA) is 75.4 Å². The van der Waals surface area contributed by atoms with Gasteiger partial charge in [-0.25, -0.2) is 0 Å². The molecule has 0 bridgehead atoms. The number of phenolic OH excluding ortho intramolecular Hbond substituents is 1. The maximum Gasteiger partial charge on any atom is 0.233 e. The molecule has 140 valence electrons. The van der Waals surface area contributed by atoms with Crippen molar-refractivity contribution >= 4 is 11.7 Å². The number of Topliss-reactive ketones (excluding diaryl/α,β-unsaturated/α-hetero) is 1. The van der Waals surface area contributed by atoms with Crippen LogP contribution in [0.5, 0.6) is 5.75 Å². The van der Waals surface area contributed by atoms with Crippen LogP contribution in [-0.2, 0) is 4.79 Å². The Morgan fingerprint density at radius 3 is 2.54 bits per heavy atom. The molecule has 5 nitrogen and oxygen atoms in total. The summed E-state index contributed by atoms with van der Waals surface area (Å²) in [5.41, 5.74) is 5.49. The maximum absolute atomic E-state index is 13.3. The SMILES string of the molecule is Cc1noc2c1[C@@H](c1ccc(O)cc1)C1=C(C[C@H](c3ccccc3)CC1=O)N2. The Morgan fingerprint density at radius 2 is 1.79 bits per heavy atom. The van der Waals surface area contributed by atoms with Crippen molar-refractivity contribution in [3.05, 3.63) is 88.3 Å². The fourth-order valence-electron chi connectivity index (χ4n) is 4.43. The number of carbonyl (C=O) groups excluding carboxylic acids is 1. The number of rotatable bonds is 2. The molecular weight excluding hydrogens is 352 g/mol. The molecule has 0 fully saturated rings. The number of nitrogens with zero attached hydrogens (tertiary/aromatic N) is 1. The van der Waals surface area contributed by atoms with Crippen LogP contribution >= 0.6 is 0 Å². The predicted octanol–water partition coefficient (Wildman–Crippen LogP) is 4.65. The second kappa shape index (κ2) is 6.37. The molecule has 28 heavy (non-hydrogen) atoms. The van der Waals surface area contributed by atoms with Crippen molar-refractivity contribution in [2.75, 3.05) is 5.32 Å². The third-order valence-electron chi connectivity index (χ3n) is 5.76. The lowest BCUT2D eigenvalue weighted by atomic mass is 9.72. The van der Waals surface area contributed by atoms with Gasteiger partial charge in [-0.05, 0) is 42.5 Å². The quantitative estimate of drug-likeness (QED) is 0.685. The Labute approximate surface area is 162 Å². The number of hydrogen-bond acceptors (Lipinski definition) is 5. The number of aromatic hydroxyl groups is 1. The minimum absolute atomic E-state index is 0.144. The van der Waals surface area contributed by atoms with Gasteiger partial charge in [-0.1, -0.05) is 47.6 Å². The Morgan fingerprint density at radius 1 is 1.04 bits per heavy atom. The van der Waals surface area contributed by atoms with Gasteiger partial charge in [0.1, 0.15) is 5.75 Å². The lowest BCUT2D eigenvalue weighted by Gasteiger charge is -2.34.